The minimum atomic E-state index is -0.916. The first-order valence-corrected chi connectivity index (χ1v) is 6.78. The van der Waals surface area contributed by atoms with Crippen LogP contribution in [0.3, 0.4) is 0 Å². The number of aromatic nitrogens is 2. The van der Waals surface area contributed by atoms with Gasteiger partial charge in [-0.15, -0.1) is 0 Å². The van der Waals surface area contributed by atoms with E-state index in [2.05, 4.69) is 15.6 Å². The zero-order chi connectivity index (χ0) is 15.0. The molecule has 1 fully saturated rings. The van der Waals surface area contributed by atoms with Crippen LogP contribution < -0.4 is 10.6 Å². The summed E-state index contributed by atoms with van der Waals surface area (Å²) in [5.41, 5.74) is 2.38. The summed E-state index contributed by atoms with van der Waals surface area (Å²) < 4.78 is 1.84. The van der Waals surface area contributed by atoms with Gasteiger partial charge < -0.3 is 14.8 Å². The number of anilines is 1. The molecular weight excluding hydrogens is 272 g/mol. The average molecular weight is 288 g/mol. The molecule has 0 unspecified atom stereocenters. The molecular formula is C14H16N4O3. The second-order valence-electron chi connectivity index (χ2n) is 5.24. The predicted molar refractivity (Wildman–Crippen MR) is 76.1 cm³/mol. The Bertz CT molecular complexity index is 709. The second-order valence-corrected chi connectivity index (χ2v) is 5.24. The number of nitrogens with one attached hydrogen (secondary N) is 2. The van der Waals surface area contributed by atoms with E-state index in [9.17, 15) is 9.59 Å². The van der Waals surface area contributed by atoms with E-state index in [1.807, 2.05) is 23.6 Å². The standard InChI is InChI=1S/C14H16N4O3/c1-8-6-18-7-9(2-5-12(18)15-8)16-13(19)10-3-4-11(17-10)14(20)21/h2,5-7,10-11,17H,3-4H2,1H3,(H,16,19)(H,20,21)/t10-,11+/m1/s1. The van der Waals surface area contributed by atoms with E-state index < -0.39 is 18.1 Å². The minimum absolute atomic E-state index is 0.213. The van der Waals surface area contributed by atoms with Crippen LogP contribution in [0, 0.1) is 6.92 Å². The maximum Gasteiger partial charge on any atom is 0.320 e. The van der Waals surface area contributed by atoms with Crippen LogP contribution in [0.5, 0.6) is 0 Å². The monoisotopic (exact) mass is 288 g/mol. The smallest absolute Gasteiger partial charge is 0.320 e. The summed E-state index contributed by atoms with van der Waals surface area (Å²) in [6, 6.07) is 2.50. The number of carbonyl (C=O) groups excluding carboxylic acids is 1. The van der Waals surface area contributed by atoms with Crippen molar-refractivity contribution >= 4 is 23.2 Å². The zero-order valence-corrected chi connectivity index (χ0v) is 11.5. The van der Waals surface area contributed by atoms with Gasteiger partial charge in [0, 0.05) is 12.4 Å². The van der Waals surface area contributed by atoms with Gasteiger partial charge in [0.1, 0.15) is 11.7 Å². The molecule has 3 N–H and O–H groups in total. The van der Waals surface area contributed by atoms with E-state index in [0.717, 1.165) is 11.3 Å². The highest BCUT2D eigenvalue weighted by Crippen LogP contribution is 2.16. The molecule has 3 heterocycles. The molecule has 0 spiro atoms. The minimum Gasteiger partial charge on any atom is -0.480 e. The summed E-state index contributed by atoms with van der Waals surface area (Å²) >= 11 is 0. The largest absolute Gasteiger partial charge is 0.480 e. The summed E-state index contributed by atoms with van der Waals surface area (Å²) in [5.74, 6) is -1.13. The van der Waals surface area contributed by atoms with Gasteiger partial charge in [0.15, 0.2) is 0 Å². The number of carboxylic acid groups (broad SMARTS) is 1. The molecule has 21 heavy (non-hydrogen) atoms. The number of aryl methyl sites for hydroxylation is 1. The number of carbonyl (C=O) groups is 2. The first-order valence-electron chi connectivity index (χ1n) is 6.78. The molecule has 2 atom stereocenters. The number of pyridine rings is 1. The molecule has 1 aliphatic heterocycles. The molecule has 1 amide bonds. The second kappa shape index (κ2) is 5.17. The molecule has 2 aromatic rings. The van der Waals surface area contributed by atoms with Gasteiger partial charge in [-0.05, 0) is 31.9 Å². The average Bonchev–Trinajstić information content (AvgIpc) is 3.03. The Morgan fingerprint density at radius 2 is 2.10 bits per heavy atom. The molecule has 0 radical (unpaired) electrons. The number of amides is 1. The lowest BCUT2D eigenvalue weighted by molar-refractivity contribution is -0.139. The van der Waals surface area contributed by atoms with Crippen molar-refractivity contribution in [3.8, 4) is 0 Å². The van der Waals surface area contributed by atoms with Gasteiger partial charge in [-0.2, -0.15) is 0 Å². The highest BCUT2D eigenvalue weighted by Gasteiger charge is 2.32. The molecule has 7 nitrogen and oxygen atoms in total. The molecule has 0 bridgehead atoms. The van der Waals surface area contributed by atoms with Crippen LogP contribution in [-0.4, -0.2) is 38.5 Å². The van der Waals surface area contributed by atoms with E-state index in [1.165, 1.54) is 0 Å². The molecule has 2 aromatic heterocycles. The van der Waals surface area contributed by atoms with Gasteiger partial charge in [0.25, 0.3) is 0 Å². The van der Waals surface area contributed by atoms with Crippen molar-refractivity contribution in [1.29, 1.82) is 0 Å². The third-order valence-electron chi connectivity index (χ3n) is 3.60. The quantitative estimate of drug-likeness (QED) is 0.776. The Morgan fingerprint density at radius 3 is 2.81 bits per heavy atom. The molecule has 3 rings (SSSR count). The first-order chi connectivity index (χ1) is 10.0. The molecule has 0 aliphatic carbocycles. The van der Waals surface area contributed by atoms with Gasteiger partial charge in [0.2, 0.25) is 5.91 Å². The normalized spacial score (nSPS) is 21.6. The Hall–Kier alpha value is -2.41. The number of hydrogen-bond donors (Lipinski definition) is 3. The Balaban J connectivity index is 1.70. The summed E-state index contributed by atoms with van der Waals surface area (Å²) in [6.45, 7) is 1.90. The van der Waals surface area contributed by atoms with Crippen molar-refractivity contribution in [2.75, 3.05) is 5.32 Å². The van der Waals surface area contributed by atoms with Crippen LogP contribution in [0.15, 0.2) is 24.5 Å². The molecule has 7 heteroatoms. The van der Waals surface area contributed by atoms with Crippen LogP contribution in [0.1, 0.15) is 18.5 Å². The maximum absolute atomic E-state index is 12.1. The lowest BCUT2D eigenvalue weighted by Crippen LogP contribution is -2.41. The Labute approximate surface area is 121 Å². The number of imidazole rings is 1. The van der Waals surface area contributed by atoms with Gasteiger partial charge in [0.05, 0.1) is 17.4 Å². The third kappa shape index (κ3) is 2.73. The number of rotatable bonds is 3. The first kappa shape index (κ1) is 13.6. The SMILES string of the molecule is Cc1cn2cc(NC(=O)[C@H]3CC[C@@H](C(=O)O)N3)ccc2n1. The van der Waals surface area contributed by atoms with E-state index >= 15 is 0 Å². The van der Waals surface area contributed by atoms with E-state index in [4.69, 9.17) is 5.11 Å². The van der Waals surface area contributed by atoms with Crippen LogP contribution in [0.2, 0.25) is 0 Å². The molecule has 110 valence electrons. The summed E-state index contributed by atoms with van der Waals surface area (Å²) in [5, 5.41) is 14.5. The fourth-order valence-electron chi connectivity index (χ4n) is 2.57. The number of fused-ring (bicyclic) bond motifs is 1. The Morgan fingerprint density at radius 1 is 1.33 bits per heavy atom. The number of carboxylic acids is 1. The number of nitrogens with zero attached hydrogens (tertiary/aromatic N) is 2. The van der Waals surface area contributed by atoms with Crippen molar-refractivity contribution in [3.05, 3.63) is 30.2 Å². The third-order valence-corrected chi connectivity index (χ3v) is 3.60. The van der Waals surface area contributed by atoms with Crippen LogP contribution in [0.4, 0.5) is 5.69 Å². The molecule has 0 saturated carbocycles. The van der Waals surface area contributed by atoms with Crippen molar-refractivity contribution in [2.24, 2.45) is 0 Å². The van der Waals surface area contributed by atoms with E-state index in [1.54, 1.807) is 12.3 Å². The fourth-order valence-corrected chi connectivity index (χ4v) is 2.57. The van der Waals surface area contributed by atoms with Crippen LogP contribution >= 0.6 is 0 Å². The summed E-state index contributed by atoms with van der Waals surface area (Å²) in [4.78, 5) is 27.3. The van der Waals surface area contributed by atoms with Gasteiger partial charge in [-0.1, -0.05) is 0 Å². The maximum atomic E-state index is 12.1. The van der Waals surface area contributed by atoms with Gasteiger partial charge in [-0.3, -0.25) is 14.9 Å². The van der Waals surface area contributed by atoms with Crippen molar-refractivity contribution in [1.82, 2.24) is 14.7 Å². The lowest BCUT2D eigenvalue weighted by atomic mass is 10.2. The number of hydrogen-bond acceptors (Lipinski definition) is 4. The van der Waals surface area contributed by atoms with E-state index in [0.29, 0.717) is 18.5 Å². The van der Waals surface area contributed by atoms with Crippen molar-refractivity contribution < 1.29 is 14.7 Å². The zero-order valence-electron chi connectivity index (χ0n) is 11.5. The van der Waals surface area contributed by atoms with Crippen molar-refractivity contribution in [3.63, 3.8) is 0 Å². The van der Waals surface area contributed by atoms with Crippen LogP contribution in [-0.2, 0) is 9.59 Å². The van der Waals surface area contributed by atoms with Crippen LogP contribution in [0.25, 0.3) is 5.65 Å². The van der Waals surface area contributed by atoms with Gasteiger partial charge in [-0.25, -0.2) is 4.98 Å². The summed E-state index contributed by atoms with van der Waals surface area (Å²) in [7, 11) is 0. The fraction of sp³-hybridized carbons (Fsp3) is 0.357. The molecule has 1 aliphatic rings. The summed E-state index contributed by atoms with van der Waals surface area (Å²) in [6.07, 6.45) is 4.65. The molecule has 1 saturated heterocycles. The highest BCUT2D eigenvalue weighted by molar-refractivity contribution is 5.95. The Kier molecular flexibility index (Phi) is 3.34. The van der Waals surface area contributed by atoms with E-state index in [-0.39, 0.29) is 5.91 Å². The topological polar surface area (TPSA) is 95.7 Å². The van der Waals surface area contributed by atoms with Gasteiger partial charge >= 0.3 is 5.97 Å². The predicted octanol–water partition coefficient (Wildman–Crippen LogP) is 0.786. The van der Waals surface area contributed by atoms with Crippen molar-refractivity contribution in [2.45, 2.75) is 31.8 Å². The molecule has 0 aromatic carbocycles. The lowest BCUT2D eigenvalue weighted by Gasteiger charge is -2.12. The number of aliphatic carboxylic acids is 1. The highest BCUT2D eigenvalue weighted by atomic mass is 16.4.